The van der Waals surface area contributed by atoms with Crippen LogP contribution >= 0.6 is 0 Å². The first-order valence-corrected chi connectivity index (χ1v) is 7.55. The number of carbonyl (C=O) groups is 2. The van der Waals surface area contributed by atoms with Crippen LogP contribution in [0.15, 0.2) is 24.3 Å². The highest BCUT2D eigenvalue weighted by atomic mass is 16.6. The fraction of sp³-hybridized carbons (Fsp3) is 0.556. The maximum absolute atomic E-state index is 11.8. The Hall–Kier alpha value is -1.84. The first-order valence-electron chi connectivity index (χ1n) is 7.55. The summed E-state index contributed by atoms with van der Waals surface area (Å²) in [5.74, 6) is -0.0655. The summed E-state index contributed by atoms with van der Waals surface area (Å²) in [4.78, 5) is 23.1. The van der Waals surface area contributed by atoms with E-state index in [1.54, 1.807) is 6.07 Å². The van der Waals surface area contributed by atoms with E-state index in [0.717, 1.165) is 11.8 Å². The summed E-state index contributed by atoms with van der Waals surface area (Å²) in [6.45, 7) is 11.6. The monoisotopic (exact) mass is 305 g/mol. The standard InChI is InChI=1S/C18H27NO3/c1-17(2,3)14(12-20)10-13-8-7-9-15(11-13)19-16(21)22-18(4,5)6/h7-9,11-12,14H,10H2,1-6H3,(H,19,21). The van der Waals surface area contributed by atoms with E-state index < -0.39 is 11.7 Å². The normalized spacial score (nSPS) is 13.4. The molecule has 4 nitrogen and oxygen atoms in total. The minimum absolute atomic E-state index is 0.0655. The second-order valence-corrected chi connectivity index (χ2v) is 7.64. The lowest BCUT2D eigenvalue weighted by Gasteiger charge is -2.26. The van der Waals surface area contributed by atoms with Crippen LogP contribution in [0.25, 0.3) is 0 Å². The summed E-state index contributed by atoms with van der Waals surface area (Å²) in [5.41, 5.74) is 1.07. The van der Waals surface area contributed by atoms with E-state index in [2.05, 4.69) is 26.1 Å². The van der Waals surface area contributed by atoms with Gasteiger partial charge in [0.2, 0.25) is 0 Å². The molecule has 0 heterocycles. The van der Waals surface area contributed by atoms with Gasteiger partial charge in [0.15, 0.2) is 0 Å². The molecule has 0 fully saturated rings. The van der Waals surface area contributed by atoms with Crippen molar-refractivity contribution >= 4 is 18.1 Å². The van der Waals surface area contributed by atoms with Crippen molar-refractivity contribution in [2.24, 2.45) is 11.3 Å². The molecule has 0 aliphatic heterocycles. The fourth-order valence-corrected chi connectivity index (χ4v) is 2.01. The van der Waals surface area contributed by atoms with E-state index in [1.807, 2.05) is 39.0 Å². The van der Waals surface area contributed by atoms with Crippen molar-refractivity contribution in [2.45, 2.75) is 53.6 Å². The van der Waals surface area contributed by atoms with Gasteiger partial charge in [0.05, 0.1) is 0 Å². The molecule has 0 spiro atoms. The lowest BCUT2D eigenvalue weighted by Crippen LogP contribution is -2.27. The predicted molar refractivity (Wildman–Crippen MR) is 89.0 cm³/mol. The minimum Gasteiger partial charge on any atom is -0.444 e. The molecule has 1 N–H and O–H groups in total. The third kappa shape index (κ3) is 6.29. The summed E-state index contributed by atoms with van der Waals surface area (Å²) in [6.07, 6.45) is 1.18. The largest absolute Gasteiger partial charge is 0.444 e. The topological polar surface area (TPSA) is 55.4 Å². The Morgan fingerprint density at radius 3 is 2.36 bits per heavy atom. The number of aldehydes is 1. The van der Waals surface area contributed by atoms with E-state index in [0.29, 0.717) is 12.1 Å². The van der Waals surface area contributed by atoms with Gasteiger partial charge < -0.3 is 9.53 Å². The molecule has 0 aliphatic carbocycles. The molecule has 22 heavy (non-hydrogen) atoms. The highest BCUT2D eigenvalue weighted by molar-refractivity contribution is 5.84. The lowest BCUT2D eigenvalue weighted by atomic mass is 9.78. The minimum atomic E-state index is -0.531. The number of rotatable bonds is 4. The molecular formula is C18H27NO3. The van der Waals surface area contributed by atoms with Gasteiger partial charge in [-0.1, -0.05) is 32.9 Å². The third-order valence-electron chi connectivity index (χ3n) is 3.30. The van der Waals surface area contributed by atoms with Gasteiger partial charge >= 0.3 is 6.09 Å². The molecule has 1 amide bonds. The molecule has 1 aromatic carbocycles. The highest BCUT2D eigenvalue weighted by Crippen LogP contribution is 2.28. The van der Waals surface area contributed by atoms with E-state index >= 15 is 0 Å². The first-order chi connectivity index (χ1) is 10.0. The smallest absolute Gasteiger partial charge is 0.412 e. The van der Waals surface area contributed by atoms with Crippen molar-refractivity contribution in [3.63, 3.8) is 0 Å². The summed E-state index contributed by atoms with van der Waals surface area (Å²) in [7, 11) is 0. The average Bonchev–Trinajstić information content (AvgIpc) is 2.32. The second-order valence-electron chi connectivity index (χ2n) is 7.64. The number of carbonyl (C=O) groups excluding carboxylic acids is 2. The van der Waals surface area contributed by atoms with Gasteiger partial charge in [0.1, 0.15) is 11.9 Å². The zero-order valence-corrected chi connectivity index (χ0v) is 14.4. The molecule has 1 unspecified atom stereocenters. The number of hydrogen-bond donors (Lipinski definition) is 1. The van der Waals surface area contributed by atoms with Gasteiger partial charge in [-0.2, -0.15) is 0 Å². The Morgan fingerprint density at radius 2 is 1.86 bits per heavy atom. The number of benzene rings is 1. The Labute approximate surface area is 133 Å². The molecular weight excluding hydrogens is 278 g/mol. The summed E-state index contributed by atoms with van der Waals surface area (Å²) in [6, 6.07) is 7.52. The quantitative estimate of drug-likeness (QED) is 0.837. The SMILES string of the molecule is CC(C)(C)OC(=O)Nc1cccc(CC(C=O)C(C)(C)C)c1. The zero-order valence-electron chi connectivity index (χ0n) is 14.4. The Morgan fingerprint density at radius 1 is 1.23 bits per heavy atom. The van der Waals surface area contributed by atoms with Gasteiger partial charge in [0.25, 0.3) is 0 Å². The molecule has 0 aromatic heterocycles. The molecule has 0 saturated carbocycles. The van der Waals surface area contributed by atoms with Crippen molar-refractivity contribution in [2.75, 3.05) is 5.32 Å². The van der Waals surface area contributed by atoms with Crippen molar-refractivity contribution in [3.05, 3.63) is 29.8 Å². The Kier molecular flexibility index (Phi) is 5.75. The molecule has 0 bridgehead atoms. The van der Waals surface area contributed by atoms with Crippen molar-refractivity contribution in [3.8, 4) is 0 Å². The molecule has 122 valence electrons. The predicted octanol–water partition coefficient (Wildman–Crippen LogP) is 4.44. The van der Waals surface area contributed by atoms with Gasteiger partial charge in [-0.05, 0) is 50.3 Å². The molecule has 1 atom stereocenters. The fourth-order valence-electron chi connectivity index (χ4n) is 2.01. The van der Waals surface area contributed by atoms with Gasteiger partial charge in [-0.3, -0.25) is 5.32 Å². The average molecular weight is 305 g/mol. The van der Waals surface area contributed by atoms with Crippen LogP contribution in [0.2, 0.25) is 0 Å². The maximum Gasteiger partial charge on any atom is 0.412 e. The van der Waals surface area contributed by atoms with Crippen LogP contribution in [-0.4, -0.2) is 18.0 Å². The van der Waals surface area contributed by atoms with Crippen LogP contribution in [0.1, 0.15) is 47.1 Å². The molecule has 0 saturated heterocycles. The Balaban J connectivity index is 2.78. The van der Waals surface area contributed by atoms with E-state index in [9.17, 15) is 9.59 Å². The number of ether oxygens (including phenoxy) is 1. The number of amides is 1. The van der Waals surface area contributed by atoms with Crippen LogP contribution in [0.5, 0.6) is 0 Å². The third-order valence-corrected chi connectivity index (χ3v) is 3.30. The number of nitrogens with one attached hydrogen (secondary N) is 1. The summed E-state index contributed by atoms with van der Waals surface area (Å²) >= 11 is 0. The van der Waals surface area contributed by atoms with Crippen LogP contribution in [0.4, 0.5) is 10.5 Å². The molecule has 0 radical (unpaired) electrons. The summed E-state index contributed by atoms with van der Waals surface area (Å²) < 4.78 is 5.23. The van der Waals surface area contributed by atoms with Crippen LogP contribution in [-0.2, 0) is 16.0 Å². The molecule has 1 aromatic rings. The van der Waals surface area contributed by atoms with Gasteiger partial charge in [0, 0.05) is 11.6 Å². The van der Waals surface area contributed by atoms with Crippen LogP contribution < -0.4 is 5.32 Å². The van der Waals surface area contributed by atoms with Gasteiger partial charge in [-0.25, -0.2) is 4.79 Å². The van der Waals surface area contributed by atoms with Crippen LogP contribution in [0, 0.1) is 11.3 Å². The van der Waals surface area contributed by atoms with Crippen molar-refractivity contribution < 1.29 is 14.3 Å². The first kappa shape index (κ1) is 18.2. The highest BCUT2D eigenvalue weighted by Gasteiger charge is 2.24. The second kappa shape index (κ2) is 6.95. The number of hydrogen-bond acceptors (Lipinski definition) is 3. The molecule has 4 heteroatoms. The van der Waals surface area contributed by atoms with E-state index in [1.165, 1.54) is 0 Å². The molecule has 0 aliphatic rings. The van der Waals surface area contributed by atoms with Crippen molar-refractivity contribution in [1.82, 2.24) is 0 Å². The van der Waals surface area contributed by atoms with E-state index in [-0.39, 0.29) is 11.3 Å². The van der Waals surface area contributed by atoms with Gasteiger partial charge in [-0.15, -0.1) is 0 Å². The lowest BCUT2D eigenvalue weighted by molar-refractivity contribution is -0.113. The van der Waals surface area contributed by atoms with Crippen LogP contribution in [0.3, 0.4) is 0 Å². The maximum atomic E-state index is 11.8. The summed E-state index contributed by atoms with van der Waals surface area (Å²) in [5, 5.41) is 2.72. The van der Waals surface area contributed by atoms with E-state index in [4.69, 9.17) is 4.74 Å². The van der Waals surface area contributed by atoms with Crippen molar-refractivity contribution in [1.29, 1.82) is 0 Å². The Bertz CT molecular complexity index is 524. The molecule has 1 rings (SSSR count). The zero-order chi connectivity index (χ0) is 17.0. The number of anilines is 1.